The van der Waals surface area contributed by atoms with Gasteiger partial charge in [-0.1, -0.05) is 23.4 Å². The molecular weight excluding hydrogens is 246 g/mol. The predicted molar refractivity (Wildman–Crippen MR) is 67.6 cm³/mol. The third-order valence-corrected chi connectivity index (χ3v) is 2.53. The first-order valence-corrected chi connectivity index (χ1v) is 5.83. The Kier molecular flexibility index (Phi) is 4.12. The standard InChI is InChI=1S/C13H15N3O3/c1-10(17)19-9-12-8-16(15-14-12)7-11-5-3-4-6-13(11)18-2/h3-6,8H,7,9H2,1-2H3. The summed E-state index contributed by atoms with van der Waals surface area (Å²) < 4.78 is 11.8. The van der Waals surface area contributed by atoms with Crippen LogP contribution in [0.2, 0.25) is 0 Å². The van der Waals surface area contributed by atoms with Crippen molar-refractivity contribution in [3.05, 3.63) is 41.7 Å². The number of hydrogen-bond acceptors (Lipinski definition) is 5. The molecule has 0 saturated carbocycles. The Morgan fingerprint density at radius 3 is 2.89 bits per heavy atom. The first kappa shape index (κ1) is 13.1. The molecule has 0 radical (unpaired) electrons. The summed E-state index contributed by atoms with van der Waals surface area (Å²) in [4.78, 5) is 10.7. The Morgan fingerprint density at radius 1 is 1.37 bits per heavy atom. The van der Waals surface area contributed by atoms with Crippen LogP contribution in [0, 0.1) is 0 Å². The summed E-state index contributed by atoms with van der Waals surface area (Å²) in [6.45, 7) is 2.05. The van der Waals surface area contributed by atoms with Gasteiger partial charge in [-0.15, -0.1) is 5.10 Å². The molecule has 1 aromatic heterocycles. The van der Waals surface area contributed by atoms with Crippen LogP contribution in [0.15, 0.2) is 30.5 Å². The van der Waals surface area contributed by atoms with E-state index in [1.165, 1.54) is 6.92 Å². The minimum absolute atomic E-state index is 0.140. The van der Waals surface area contributed by atoms with Gasteiger partial charge in [0.15, 0.2) is 0 Å². The lowest BCUT2D eigenvalue weighted by Gasteiger charge is -2.07. The zero-order chi connectivity index (χ0) is 13.7. The smallest absolute Gasteiger partial charge is 0.303 e. The largest absolute Gasteiger partial charge is 0.496 e. The van der Waals surface area contributed by atoms with E-state index >= 15 is 0 Å². The zero-order valence-corrected chi connectivity index (χ0v) is 10.9. The zero-order valence-electron chi connectivity index (χ0n) is 10.9. The second kappa shape index (κ2) is 5.99. The van der Waals surface area contributed by atoms with Gasteiger partial charge in [0.2, 0.25) is 0 Å². The molecular formula is C13H15N3O3. The number of para-hydroxylation sites is 1. The average Bonchev–Trinajstić information content (AvgIpc) is 2.85. The Bertz CT molecular complexity index is 566. The fraction of sp³-hybridized carbons (Fsp3) is 0.308. The van der Waals surface area contributed by atoms with Crippen LogP contribution >= 0.6 is 0 Å². The van der Waals surface area contributed by atoms with Gasteiger partial charge in [-0.05, 0) is 6.07 Å². The van der Waals surface area contributed by atoms with Crippen LogP contribution < -0.4 is 4.74 Å². The lowest BCUT2D eigenvalue weighted by Crippen LogP contribution is -2.02. The van der Waals surface area contributed by atoms with Crippen LogP contribution in [-0.2, 0) is 22.7 Å². The fourth-order valence-corrected chi connectivity index (χ4v) is 1.67. The number of rotatable bonds is 5. The van der Waals surface area contributed by atoms with E-state index in [0.29, 0.717) is 12.2 Å². The monoisotopic (exact) mass is 261 g/mol. The Labute approximate surface area is 110 Å². The molecule has 100 valence electrons. The summed E-state index contributed by atoms with van der Waals surface area (Å²) in [7, 11) is 1.63. The predicted octanol–water partition coefficient (Wildman–Crippen LogP) is 1.40. The van der Waals surface area contributed by atoms with E-state index < -0.39 is 0 Å². The highest BCUT2D eigenvalue weighted by Crippen LogP contribution is 2.18. The molecule has 6 nitrogen and oxygen atoms in total. The molecule has 19 heavy (non-hydrogen) atoms. The van der Waals surface area contributed by atoms with Crippen molar-refractivity contribution in [2.24, 2.45) is 0 Å². The summed E-state index contributed by atoms with van der Waals surface area (Å²) in [6, 6.07) is 7.71. The van der Waals surface area contributed by atoms with Crippen molar-refractivity contribution in [1.82, 2.24) is 15.0 Å². The van der Waals surface area contributed by atoms with Crippen LogP contribution in [0.1, 0.15) is 18.2 Å². The molecule has 0 unspecified atom stereocenters. The average molecular weight is 261 g/mol. The molecule has 0 fully saturated rings. The minimum Gasteiger partial charge on any atom is -0.496 e. The van der Waals surface area contributed by atoms with Crippen molar-refractivity contribution in [3.63, 3.8) is 0 Å². The fourth-order valence-electron chi connectivity index (χ4n) is 1.67. The first-order valence-electron chi connectivity index (χ1n) is 5.83. The summed E-state index contributed by atoms with van der Waals surface area (Å²) >= 11 is 0. The molecule has 0 spiro atoms. The molecule has 2 aromatic rings. The number of aromatic nitrogens is 3. The molecule has 1 aromatic carbocycles. The van der Waals surface area contributed by atoms with E-state index in [1.54, 1.807) is 18.0 Å². The summed E-state index contributed by atoms with van der Waals surface area (Å²) in [5, 5.41) is 7.92. The van der Waals surface area contributed by atoms with Crippen LogP contribution in [0.3, 0.4) is 0 Å². The molecule has 0 amide bonds. The van der Waals surface area contributed by atoms with Gasteiger partial charge in [0, 0.05) is 12.5 Å². The van der Waals surface area contributed by atoms with E-state index in [9.17, 15) is 4.79 Å². The van der Waals surface area contributed by atoms with Crippen LogP contribution in [0.25, 0.3) is 0 Å². The van der Waals surface area contributed by atoms with Gasteiger partial charge < -0.3 is 9.47 Å². The third kappa shape index (κ3) is 3.54. The number of nitrogens with zero attached hydrogens (tertiary/aromatic N) is 3. The highest BCUT2D eigenvalue weighted by atomic mass is 16.5. The van der Waals surface area contributed by atoms with Crippen molar-refractivity contribution in [3.8, 4) is 5.75 Å². The second-order valence-electron chi connectivity index (χ2n) is 4.00. The third-order valence-electron chi connectivity index (χ3n) is 2.53. The van der Waals surface area contributed by atoms with Gasteiger partial charge in [-0.2, -0.15) is 0 Å². The van der Waals surface area contributed by atoms with E-state index in [-0.39, 0.29) is 12.6 Å². The topological polar surface area (TPSA) is 66.2 Å². The van der Waals surface area contributed by atoms with Gasteiger partial charge in [0.05, 0.1) is 19.9 Å². The molecule has 1 heterocycles. The number of carbonyl (C=O) groups is 1. The SMILES string of the molecule is COc1ccccc1Cn1cc(COC(C)=O)nn1. The number of carbonyl (C=O) groups excluding carboxylic acids is 1. The first-order chi connectivity index (χ1) is 9.19. The molecule has 0 atom stereocenters. The second-order valence-corrected chi connectivity index (χ2v) is 4.00. The van der Waals surface area contributed by atoms with E-state index in [4.69, 9.17) is 9.47 Å². The Hall–Kier alpha value is -2.37. The maximum atomic E-state index is 10.7. The van der Waals surface area contributed by atoms with E-state index in [2.05, 4.69) is 10.3 Å². The van der Waals surface area contributed by atoms with Gasteiger partial charge in [0.1, 0.15) is 18.1 Å². The maximum Gasteiger partial charge on any atom is 0.303 e. The summed E-state index contributed by atoms with van der Waals surface area (Å²) in [5.41, 5.74) is 1.62. The highest BCUT2D eigenvalue weighted by Gasteiger charge is 2.06. The molecule has 0 saturated heterocycles. The number of hydrogen-bond donors (Lipinski definition) is 0. The van der Waals surface area contributed by atoms with Crippen molar-refractivity contribution in [2.75, 3.05) is 7.11 Å². The van der Waals surface area contributed by atoms with E-state index in [0.717, 1.165) is 11.3 Å². The van der Waals surface area contributed by atoms with Crippen molar-refractivity contribution >= 4 is 5.97 Å². The normalized spacial score (nSPS) is 10.2. The maximum absolute atomic E-state index is 10.7. The quantitative estimate of drug-likeness (QED) is 0.761. The van der Waals surface area contributed by atoms with Crippen molar-refractivity contribution in [2.45, 2.75) is 20.1 Å². The number of esters is 1. The number of methoxy groups -OCH3 is 1. The van der Waals surface area contributed by atoms with Gasteiger partial charge in [-0.25, -0.2) is 4.68 Å². The number of benzene rings is 1. The van der Waals surface area contributed by atoms with E-state index in [1.807, 2.05) is 24.3 Å². The molecule has 0 aliphatic carbocycles. The molecule has 6 heteroatoms. The van der Waals surface area contributed by atoms with Crippen molar-refractivity contribution in [1.29, 1.82) is 0 Å². The summed E-state index contributed by atoms with van der Waals surface area (Å²) in [6.07, 6.45) is 1.75. The van der Waals surface area contributed by atoms with Gasteiger partial charge in [0.25, 0.3) is 0 Å². The molecule has 0 aliphatic heterocycles. The lowest BCUT2D eigenvalue weighted by molar-refractivity contribution is -0.142. The molecule has 0 N–H and O–H groups in total. The van der Waals surface area contributed by atoms with Crippen LogP contribution in [0.4, 0.5) is 0 Å². The Balaban J connectivity index is 2.05. The molecule has 2 rings (SSSR count). The Morgan fingerprint density at radius 2 is 2.16 bits per heavy atom. The van der Waals surface area contributed by atoms with Gasteiger partial charge >= 0.3 is 5.97 Å². The van der Waals surface area contributed by atoms with Crippen LogP contribution in [0.5, 0.6) is 5.75 Å². The minimum atomic E-state index is -0.334. The molecule has 0 aliphatic rings. The number of ether oxygens (including phenoxy) is 2. The van der Waals surface area contributed by atoms with Gasteiger partial charge in [-0.3, -0.25) is 4.79 Å². The summed E-state index contributed by atoms with van der Waals surface area (Å²) in [5.74, 6) is 0.471. The molecule has 0 bridgehead atoms. The lowest BCUT2D eigenvalue weighted by atomic mass is 10.2. The highest BCUT2D eigenvalue weighted by molar-refractivity contribution is 5.65. The van der Waals surface area contributed by atoms with Crippen LogP contribution in [-0.4, -0.2) is 28.1 Å². The van der Waals surface area contributed by atoms with Crippen molar-refractivity contribution < 1.29 is 14.3 Å².